The first kappa shape index (κ1) is 18.5. The predicted molar refractivity (Wildman–Crippen MR) is 97.8 cm³/mol. The van der Waals surface area contributed by atoms with Crippen molar-refractivity contribution >= 4 is 6.09 Å². The van der Waals surface area contributed by atoms with Gasteiger partial charge in [-0.2, -0.15) is 5.26 Å². The number of hydrogen-bond donors (Lipinski definition) is 1. The topological polar surface area (TPSA) is 62.1 Å². The highest BCUT2D eigenvalue weighted by Gasteiger charge is 2.26. The van der Waals surface area contributed by atoms with Crippen LogP contribution in [0.25, 0.3) is 0 Å². The van der Waals surface area contributed by atoms with E-state index in [9.17, 15) is 10.1 Å². The summed E-state index contributed by atoms with van der Waals surface area (Å²) in [5, 5.41) is 12.5. The fourth-order valence-corrected chi connectivity index (χ4v) is 2.76. The minimum atomic E-state index is -0.495. The maximum atomic E-state index is 12.2. The number of amides is 1. The van der Waals surface area contributed by atoms with Crippen LogP contribution >= 0.6 is 0 Å². The van der Waals surface area contributed by atoms with E-state index in [0.717, 1.165) is 11.1 Å². The summed E-state index contributed by atoms with van der Waals surface area (Å²) in [6.07, 6.45) is 0.207. The number of nitriles is 1. The van der Waals surface area contributed by atoms with Gasteiger partial charge in [0.1, 0.15) is 6.61 Å². The molecule has 2 rings (SSSR count). The van der Waals surface area contributed by atoms with Gasteiger partial charge < -0.3 is 10.1 Å². The number of nitrogens with one attached hydrogen (secondary N) is 1. The van der Waals surface area contributed by atoms with Gasteiger partial charge in [-0.25, -0.2) is 4.79 Å². The lowest BCUT2D eigenvalue weighted by Crippen LogP contribution is -2.40. The molecule has 0 saturated heterocycles. The minimum absolute atomic E-state index is 0.212. The second-order valence-electron chi connectivity index (χ2n) is 6.46. The second kappa shape index (κ2) is 9.48. The van der Waals surface area contributed by atoms with E-state index in [4.69, 9.17) is 4.74 Å². The van der Waals surface area contributed by atoms with E-state index >= 15 is 0 Å². The first-order chi connectivity index (χ1) is 12.1. The molecule has 4 heteroatoms. The molecule has 0 aliphatic rings. The summed E-state index contributed by atoms with van der Waals surface area (Å²) in [7, 11) is 0. The molecule has 0 bridgehead atoms. The smallest absolute Gasteiger partial charge is 0.407 e. The van der Waals surface area contributed by atoms with Gasteiger partial charge in [-0.15, -0.1) is 0 Å². The van der Waals surface area contributed by atoms with Crippen LogP contribution in [0.1, 0.15) is 37.3 Å². The van der Waals surface area contributed by atoms with Crippen LogP contribution in [-0.2, 0) is 11.3 Å². The molecule has 130 valence electrons. The van der Waals surface area contributed by atoms with Crippen LogP contribution in [0, 0.1) is 17.2 Å². The number of rotatable bonds is 7. The highest BCUT2D eigenvalue weighted by atomic mass is 16.5. The van der Waals surface area contributed by atoms with Crippen LogP contribution in [-0.4, -0.2) is 12.1 Å². The van der Waals surface area contributed by atoms with Crippen LogP contribution in [0.2, 0.25) is 0 Å². The molecular weight excluding hydrogens is 312 g/mol. The van der Waals surface area contributed by atoms with Crippen molar-refractivity contribution in [2.75, 3.05) is 0 Å². The predicted octanol–water partition coefficient (Wildman–Crippen LogP) is 4.63. The summed E-state index contributed by atoms with van der Waals surface area (Å²) in [6, 6.07) is 21.1. The van der Waals surface area contributed by atoms with E-state index < -0.39 is 12.0 Å². The van der Waals surface area contributed by atoms with Crippen molar-refractivity contribution in [1.82, 2.24) is 5.32 Å². The Morgan fingerprint density at radius 3 is 2.24 bits per heavy atom. The number of benzene rings is 2. The van der Waals surface area contributed by atoms with Gasteiger partial charge in [-0.1, -0.05) is 74.5 Å². The van der Waals surface area contributed by atoms with Crippen LogP contribution in [0.15, 0.2) is 60.7 Å². The van der Waals surface area contributed by atoms with Crippen molar-refractivity contribution in [2.45, 2.75) is 38.8 Å². The van der Waals surface area contributed by atoms with Gasteiger partial charge in [0.05, 0.1) is 18.0 Å². The summed E-state index contributed by atoms with van der Waals surface area (Å²) in [4.78, 5) is 12.2. The molecule has 1 N–H and O–H groups in total. The van der Waals surface area contributed by atoms with Gasteiger partial charge in [0.25, 0.3) is 0 Å². The van der Waals surface area contributed by atoms with E-state index in [1.165, 1.54) is 0 Å². The molecule has 4 nitrogen and oxygen atoms in total. The molecule has 0 aliphatic heterocycles. The Balaban J connectivity index is 2.03. The standard InChI is InChI=1S/C21H24N2O2/c1-16(2)13-20(19(14-22)18-11-7-4-8-12-18)23-21(24)25-15-17-9-5-3-6-10-17/h3-12,16,19-20H,13,15H2,1-2H3,(H,23,24)/t19-,20+/m0/s1. The Bertz CT molecular complexity index is 693. The van der Waals surface area contributed by atoms with Gasteiger partial charge >= 0.3 is 6.09 Å². The van der Waals surface area contributed by atoms with Gasteiger partial charge in [0, 0.05) is 0 Å². The Hall–Kier alpha value is -2.80. The highest BCUT2D eigenvalue weighted by molar-refractivity contribution is 5.68. The van der Waals surface area contributed by atoms with Crippen LogP contribution in [0.5, 0.6) is 0 Å². The number of hydrogen-bond acceptors (Lipinski definition) is 3. The fraction of sp³-hybridized carbons (Fsp3) is 0.333. The average Bonchev–Trinajstić information content (AvgIpc) is 2.62. The molecule has 2 aromatic carbocycles. The summed E-state index contributed by atoms with van der Waals surface area (Å²) in [5.41, 5.74) is 1.83. The maximum Gasteiger partial charge on any atom is 0.407 e. The molecule has 0 saturated carbocycles. The normalized spacial score (nSPS) is 12.9. The quantitative estimate of drug-likeness (QED) is 0.801. The van der Waals surface area contributed by atoms with Crippen LogP contribution in [0.4, 0.5) is 4.79 Å². The van der Waals surface area contributed by atoms with E-state index in [1.54, 1.807) is 0 Å². The van der Waals surface area contributed by atoms with Crippen molar-refractivity contribution < 1.29 is 9.53 Å². The molecule has 2 aromatic rings. The zero-order chi connectivity index (χ0) is 18.1. The fourth-order valence-electron chi connectivity index (χ4n) is 2.76. The number of carbonyl (C=O) groups excluding carboxylic acids is 1. The number of ether oxygens (including phenoxy) is 1. The molecule has 0 heterocycles. The van der Waals surface area contributed by atoms with Crippen molar-refractivity contribution in [3.8, 4) is 6.07 Å². The summed E-state index contributed by atoms with van der Waals surface area (Å²) >= 11 is 0. The third-order valence-corrected chi connectivity index (χ3v) is 3.94. The molecule has 0 unspecified atom stereocenters. The molecular formula is C21H24N2O2. The van der Waals surface area contributed by atoms with Gasteiger partial charge in [0.2, 0.25) is 0 Å². The maximum absolute atomic E-state index is 12.2. The minimum Gasteiger partial charge on any atom is -0.445 e. The van der Waals surface area contributed by atoms with E-state index in [2.05, 4.69) is 25.2 Å². The summed E-state index contributed by atoms with van der Waals surface area (Å²) < 4.78 is 5.31. The lowest BCUT2D eigenvalue weighted by atomic mass is 9.87. The molecule has 0 radical (unpaired) electrons. The van der Waals surface area contributed by atoms with Gasteiger partial charge in [-0.05, 0) is 23.5 Å². The SMILES string of the molecule is CC(C)C[C@@H](NC(=O)OCc1ccccc1)[C@@H](C#N)c1ccccc1. The number of carbonyl (C=O) groups is 1. The van der Waals surface area contributed by atoms with E-state index in [-0.39, 0.29) is 12.6 Å². The van der Waals surface area contributed by atoms with Crippen molar-refractivity contribution in [2.24, 2.45) is 5.92 Å². The van der Waals surface area contributed by atoms with Gasteiger partial charge in [-0.3, -0.25) is 0 Å². The molecule has 0 fully saturated rings. The lowest BCUT2D eigenvalue weighted by molar-refractivity contribution is 0.133. The average molecular weight is 336 g/mol. The molecule has 0 aromatic heterocycles. The first-order valence-corrected chi connectivity index (χ1v) is 8.52. The molecule has 2 atom stereocenters. The Labute approximate surface area is 149 Å². The largest absolute Gasteiger partial charge is 0.445 e. The summed E-state index contributed by atoms with van der Waals surface area (Å²) in [5.74, 6) is -0.0631. The molecule has 0 spiro atoms. The second-order valence-corrected chi connectivity index (χ2v) is 6.46. The zero-order valence-electron chi connectivity index (χ0n) is 14.7. The third-order valence-electron chi connectivity index (χ3n) is 3.94. The Kier molecular flexibility index (Phi) is 7.03. The van der Waals surface area contributed by atoms with Gasteiger partial charge in [0.15, 0.2) is 0 Å². The van der Waals surface area contributed by atoms with Crippen molar-refractivity contribution in [3.63, 3.8) is 0 Å². The number of nitrogens with zero attached hydrogens (tertiary/aromatic N) is 1. The number of alkyl carbamates (subject to hydrolysis) is 1. The van der Waals surface area contributed by atoms with E-state index in [1.807, 2.05) is 60.7 Å². The Morgan fingerprint density at radius 1 is 1.08 bits per heavy atom. The Morgan fingerprint density at radius 2 is 1.68 bits per heavy atom. The summed E-state index contributed by atoms with van der Waals surface area (Å²) in [6.45, 7) is 4.36. The highest BCUT2D eigenvalue weighted by Crippen LogP contribution is 2.23. The van der Waals surface area contributed by atoms with Crippen molar-refractivity contribution in [3.05, 3.63) is 71.8 Å². The first-order valence-electron chi connectivity index (χ1n) is 8.52. The zero-order valence-corrected chi connectivity index (χ0v) is 14.7. The monoisotopic (exact) mass is 336 g/mol. The van der Waals surface area contributed by atoms with Crippen molar-refractivity contribution in [1.29, 1.82) is 5.26 Å². The molecule has 25 heavy (non-hydrogen) atoms. The van der Waals surface area contributed by atoms with Crippen LogP contribution < -0.4 is 5.32 Å². The molecule has 0 aliphatic carbocycles. The van der Waals surface area contributed by atoms with E-state index in [0.29, 0.717) is 12.3 Å². The lowest BCUT2D eigenvalue weighted by Gasteiger charge is -2.25. The molecule has 1 amide bonds. The third kappa shape index (κ3) is 5.96. The van der Waals surface area contributed by atoms with Crippen LogP contribution in [0.3, 0.4) is 0 Å².